The third-order valence-electron chi connectivity index (χ3n) is 4.09. The van der Waals surface area contributed by atoms with Crippen molar-refractivity contribution in [1.82, 2.24) is 20.4 Å². The zero-order valence-electron chi connectivity index (χ0n) is 17.8. The molecule has 1 rings (SSSR count). The molecule has 1 aliphatic rings. The second kappa shape index (κ2) is 12.8. The normalized spacial score (nSPS) is 16.3. The lowest BCUT2D eigenvalue weighted by atomic mass is 10.2. The predicted molar refractivity (Wildman–Crippen MR) is 109 cm³/mol. The van der Waals surface area contributed by atoms with E-state index in [4.69, 9.17) is 9.47 Å². The van der Waals surface area contributed by atoms with Crippen LogP contribution in [0.15, 0.2) is 4.99 Å². The quantitative estimate of drug-likeness (QED) is 0.356. The maximum absolute atomic E-state index is 12.1. The molecule has 0 aromatic heterocycles. The first-order valence-corrected chi connectivity index (χ1v) is 10.1. The smallest absolute Gasteiger partial charge is 0.410 e. The highest BCUT2D eigenvalue weighted by atomic mass is 16.6. The molecule has 1 saturated heterocycles. The highest BCUT2D eigenvalue weighted by Gasteiger charge is 2.25. The number of nitrogens with zero attached hydrogens (tertiary/aromatic N) is 3. The lowest BCUT2D eigenvalue weighted by Gasteiger charge is -2.35. The van der Waals surface area contributed by atoms with E-state index in [2.05, 4.69) is 27.4 Å². The molecule has 2 N–H and O–H groups in total. The van der Waals surface area contributed by atoms with Crippen LogP contribution >= 0.6 is 0 Å². The molecule has 0 saturated carbocycles. The minimum atomic E-state index is -0.435. The van der Waals surface area contributed by atoms with Gasteiger partial charge in [-0.1, -0.05) is 0 Å². The first-order valence-electron chi connectivity index (χ1n) is 10.1. The second-order valence-electron chi connectivity index (χ2n) is 7.70. The van der Waals surface area contributed by atoms with Crippen LogP contribution in [-0.2, 0) is 9.47 Å². The van der Waals surface area contributed by atoms with Gasteiger partial charge in [-0.15, -0.1) is 0 Å². The fraction of sp³-hybridized carbons (Fsp3) is 0.895. The molecule has 27 heavy (non-hydrogen) atoms. The van der Waals surface area contributed by atoms with Crippen LogP contribution in [0.25, 0.3) is 0 Å². The molecule has 0 atom stereocenters. The van der Waals surface area contributed by atoms with Crippen LogP contribution < -0.4 is 10.6 Å². The number of rotatable bonds is 9. The number of hydrogen-bond acceptors (Lipinski definition) is 5. The number of methoxy groups -OCH3 is 1. The van der Waals surface area contributed by atoms with E-state index < -0.39 is 5.60 Å². The number of guanidine groups is 1. The number of carbonyl (C=O) groups is 1. The number of hydrogen-bond donors (Lipinski definition) is 2. The Balaban J connectivity index is 2.20. The van der Waals surface area contributed by atoms with Crippen molar-refractivity contribution < 1.29 is 14.3 Å². The highest BCUT2D eigenvalue weighted by Crippen LogP contribution is 2.11. The minimum Gasteiger partial charge on any atom is -0.444 e. The SMILES string of the molecule is CCNC(=NCCCOC)NCCCN1CCN(C(=O)OC(C)(C)C)CC1. The Kier molecular flexibility index (Phi) is 11.1. The number of carbonyl (C=O) groups excluding carboxylic acids is 1. The van der Waals surface area contributed by atoms with Gasteiger partial charge in [-0.25, -0.2) is 4.79 Å². The number of amides is 1. The van der Waals surface area contributed by atoms with Gasteiger partial charge in [0.05, 0.1) is 0 Å². The Hall–Kier alpha value is -1.54. The van der Waals surface area contributed by atoms with Gasteiger partial charge in [-0.3, -0.25) is 9.89 Å². The van der Waals surface area contributed by atoms with E-state index in [1.54, 1.807) is 12.0 Å². The van der Waals surface area contributed by atoms with Crippen molar-refractivity contribution in [2.45, 2.75) is 46.1 Å². The van der Waals surface area contributed by atoms with Gasteiger partial charge < -0.3 is 25.0 Å². The number of nitrogens with one attached hydrogen (secondary N) is 2. The summed E-state index contributed by atoms with van der Waals surface area (Å²) in [6.45, 7) is 15.2. The van der Waals surface area contributed by atoms with Gasteiger partial charge in [0.2, 0.25) is 0 Å². The third-order valence-corrected chi connectivity index (χ3v) is 4.09. The standard InChI is InChI=1S/C19H39N5O3/c1-6-20-17(22-10-8-16-26-5)21-9-7-11-23-12-14-24(15-13-23)18(25)27-19(2,3)4/h6-16H2,1-5H3,(H2,20,21,22). The Labute approximate surface area is 164 Å². The molecule has 1 heterocycles. The van der Waals surface area contributed by atoms with Crippen LogP contribution in [0.2, 0.25) is 0 Å². The van der Waals surface area contributed by atoms with Gasteiger partial charge in [-0.2, -0.15) is 0 Å². The van der Waals surface area contributed by atoms with Crippen LogP contribution in [0.4, 0.5) is 4.79 Å². The molecule has 8 nitrogen and oxygen atoms in total. The molecule has 0 spiro atoms. The van der Waals surface area contributed by atoms with E-state index in [1.807, 2.05) is 20.8 Å². The minimum absolute atomic E-state index is 0.205. The molecule has 1 aliphatic heterocycles. The summed E-state index contributed by atoms with van der Waals surface area (Å²) in [4.78, 5) is 20.8. The first-order chi connectivity index (χ1) is 12.9. The molecule has 0 radical (unpaired) electrons. The van der Waals surface area contributed by atoms with E-state index in [-0.39, 0.29) is 6.09 Å². The number of piperazine rings is 1. The van der Waals surface area contributed by atoms with Crippen molar-refractivity contribution in [1.29, 1.82) is 0 Å². The number of aliphatic imine (C=N–C) groups is 1. The Morgan fingerprint density at radius 3 is 2.41 bits per heavy atom. The van der Waals surface area contributed by atoms with Crippen LogP contribution in [0.3, 0.4) is 0 Å². The Morgan fingerprint density at radius 1 is 1.11 bits per heavy atom. The van der Waals surface area contributed by atoms with Gasteiger partial charge >= 0.3 is 6.09 Å². The summed E-state index contributed by atoms with van der Waals surface area (Å²) in [7, 11) is 1.71. The molecule has 0 unspecified atom stereocenters. The van der Waals surface area contributed by atoms with Crippen molar-refractivity contribution in [2.75, 3.05) is 66.1 Å². The summed E-state index contributed by atoms with van der Waals surface area (Å²) < 4.78 is 10.5. The third kappa shape index (κ3) is 11.0. The lowest BCUT2D eigenvalue weighted by molar-refractivity contribution is 0.0145. The van der Waals surface area contributed by atoms with E-state index in [0.717, 1.165) is 77.8 Å². The average molecular weight is 386 g/mol. The summed E-state index contributed by atoms with van der Waals surface area (Å²) in [5, 5.41) is 6.64. The number of ether oxygens (including phenoxy) is 2. The Bertz CT molecular complexity index is 443. The largest absolute Gasteiger partial charge is 0.444 e. The summed E-state index contributed by atoms with van der Waals surface area (Å²) in [5.74, 6) is 0.864. The molecule has 0 aromatic carbocycles. The molecular weight excluding hydrogens is 346 g/mol. The summed E-state index contributed by atoms with van der Waals surface area (Å²) in [6, 6.07) is 0. The fourth-order valence-corrected chi connectivity index (χ4v) is 2.73. The summed E-state index contributed by atoms with van der Waals surface area (Å²) in [5.41, 5.74) is -0.435. The van der Waals surface area contributed by atoms with E-state index in [0.29, 0.717) is 0 Å². The van der Waals surface area contributed by atoms with Crippen molar-refractivity contribution in [2.24, 2.45) is 4.99 Å². The van der Waals surface area contributed by atoms with Gasteiger partial charge in [0.15, 0.2) is 5.96 Å². The van der Waals surface area contributed by atoms with E-state index in [1.165, 1.54) is 0 Å². The first kappa shape index (κ1) is 23.5. The van der Waals surface area contributed by atoms with Crippen LogP contribution in [0.5, 0.6) is 0 Å². The van der Waals surface area contributed by atoms with E-state index in [9.17, 15) is 4.79 Å². The van der Waals surface area contributed by atoms with Crippen molar-refractivity contribution >= 4 is 12.1 Å². The highest BCUT2D eigenvalue weighted by molar-refractivity contribution is 5.79. The fourth-order valence-electron chi connectivity index (χ4n) is 2.73. The molecule has 158 valence electrons. The molecule has 1 amide bonds. The van der Waals surface area contributed by atoms with E-state index >= 15 is 0 Å². The van der Waals surface area contributed by atoms with Gasteiger partial charge in [0.25, 0.3) is 0 Å². The van der Waals surface area contributed by atoms with Crippen LogP contribution in [0.1, 0.15) is 40.5 Å². The van der Waals surface area contributed by atoms with Crippen molar-refractivity contribution in [3.05, 3.63) is 0 Å². The Morgan fingerprint density at radius 2 is 1.81 bits per heavy atom. The van der Waals surface area contributed by atoms with Crippen molar-refractivity contribution in [3.8, 4) is 0 Å². The van der Waals surface area contributed by atoms with Gasteiger partial charge in [0.1, 0.15) is 5.60 Å². The average Bonchev–Trinajstić information content (AvgIpc) is 2.61. The van der Waals surface area contributed by atoms with Gasteiger partial charge in [0, 0.05) is 59.5 Å². The predicted octanol–water partition coefficient (Wildman–Crippen LogP) is 1.52. The van der Waals surface area contributed by atoms with Gasteiger partial charge in [-0.05, 0) is 47.1 Å². The van der Waals surface area contributed by atoms with Crippen LogP contribution in [-0.4, -0.2) is 93.5 Å². The topological polar surface area (TPSA) is 78.4 Å². The zero-order valence-corrected chi connectivity index (χ0v) is 17.8. The maximum Gasteiger partial charge on any atom is 0.410 e. The molecule has 0 aliphatic carbocycles. The molecular formula is C19H39N5O3. The maximum atomic E-state index is 12.1. The van der Waals surface area contributed by atoms with Crippen LogP contribution in [0, 0.1) is 0 Å². The summed E-state index contributed by atoms with van der Waals surface area (Å²) in [6.07, 6.45) is 1.76. The lowest BCUT2D eigenvalue weighted by Crippen LogP contribution is -2.50. The molecule has 8 heteroatoms. The molecule has 0 bridgehead atoms. The molecule has 1 fully saturated rings. The summed E-state index contributed by atoms with van der Waals surface area (Å²) >= 11 is 0. The van der Waals surface area contributed by atoms with Crippen molar-refractivity contribution in [3.63, 3.8) is 0 Å². The molecule has 0 aromatic rings. The second-order valence-corrected chi connectivity index (χ2v) is 7.70. The monoisotopic (exact) mass is 385 g/mol. The zero-order chi connectivity index (χ0) is 20.1.